The van der Waals surface area contributed by atoms with E-state index in [4.69, 9.17) is 4.74 Å². The molecular formula is C23H19F2N5O4S. The number of carbonyl (C=O) groups is 1. The molecule has 0 aliphatic rings. The molecule has 4 aromatic rings. The molecule has 0 fully saturated rings. The van der Waals surface area contributed by atoms with Crippen LogP contribution < -0.4 is 10.1 Å². The van der Waals surface area contributed by atoms with Gasteiger partial charge in [0.2, 0.25) is 15.7 Å². The number of ether oxygens (including phenoxy) is 1. The summed E-state index contributed by atoms with van der Waals surface area (Å²) in [5.74, 6) is -1.95. The summed E-state index contributed by atoms with van der Waals surface area (Å²) in [6, 6.07) is 12.6. The molecule has 0 saturated carbocycles. The van der Waals surface area contributed by atoms with Crippen molar-refractivity contribution in [1.82, 2.24) is 19.5 Å². The largest absolute Gasteiger partial charge is 0.439 e. The number of alkyl halides is 2. The zero-order chi connectivity index (χ0) is 25.2. The Kier molecular flexibility index (Phi) is 6.56. The number of benzene rings is 2. The van der Waals surface area contributed by atoms with E-state index in [1.807, 2.05) is 6.92 Å². The highest BCUT2D eigenvalue weighted by Gasteiger charge is 2.30. The number of sulfone groups is 1. The van der Waals surface area contributed by atoms with Crippen molar-refractivity contribution in [1.29, 1.82) is 0 Å². The molecule has 0 aliphatic heterocycles. The number of aromatic nitrogens is 4. The topological polar surface area (TPSA) is 116 Å². The minimum atomic E-state index is -4.94. The maximum atomic E-state index is 13.0. The Hall–Kier alpha value is -4.19. The number of carbonyl (C=O) groups excluding carboxylic acids is 1. The van der Waals surface area contributed by atoms with Crippen molar-refractivity contribution >= 4 is 21.4 Å². The summed E-state index contributed by atoms with van der Waals surface area (Å²) in [7, 11) is -4.94. The molecule has 0 radical (unpaired) electrons. The summed E-state index contributed by atoms with van der Waals surface area (Å²) in [6.45, 7) is 3.57. The molecule has 0 spiro atoms. The molecule has 180 valence electrons. The van der Waals surface area contributed by atoms with Crippen molar-refractivity contribution in [2.75, 3.05) is 5.32 Å². The SMILES string of the molecule is Cc1nc(Oc2ccc(NC(=O)c3ccccc3S(=O)(=O)C(F)F)cc2)cc(-n2ccnc2C)n1. The van der Waals surface area contributed by atoms with Gasteiger partial charge < -0.3 is 10.1 Å². The first-order chi connectivity index (χ1) is 16.6. The van der Waals surface area contributed by atoms with Gasteiger partial charge in [-0.05, 0) is 50.2 Å². The van der Waals surface area contributed by atoms with Gasteiger partial charge in [-0.3, -0.25) is 9.36 Å². The fourth-order valence-electron chi connectivity index (χ4n) is 3.24. The molecule has 2 aromatic heterocycles. The summed E-state index contributed by atoms with van der Waals surface area (Å²) in [6.07, 6.45) is 3.42. The summed E-state index contributed by atoms with van der Waals surface area (Å²) >= 11 is 0. The monoisotopic (exact) mass is 499 g/mol. The smallest absolute Gasteiger partial charge is 0.341 e. The average molecular weight is 499 g/mol. The van der Waals surface area contributed by atoms with Crippen molar-refractivity contribution in [2.45, 2.75) is 24.5 Å². The van der Waals surface area contributed by atoms with E-state index in [2.05, 4.69) is 20.3 Å². The Labute approximate surface area is 199 Å². The third-order valence-corrected chi connectivity index (χ3v) is 6.32. The van der Waals surface area contributed by atoms with Crippen LogP contribution in [0.15, 0.2) is 71.9 Å². The minimum absolute atomic E-state index is 0.295. The van der Waals surface area contributed by atoms with Gasteiger partial charge in [0.1, 0.15) is 23.2 Å². The molecular weight excluding hydrogens is 480 g/mol. The van der Waals surface area contributed by atoms with Crippen LogP contribution >= 0.6 is 0 Å². The predicted octanol–water partition coefficient (Wildman–Crippen LogP) is 4.32. The van der Waals surface area contributed by atoms with Crippen molar-refractivity contribution < 1.29 is 26.7 Å². The van der Waals surface area contributed by atoms with Crippen LogP contribution in [0.5, 0.6) is 11.6 Å². The molecule has 9 nitrogen and oxygen atoms in total. The molecule has 12 heteroatoms. The highest BCUT2D eigenvalue weighted by atomic mass is 32.2. The minimum Gasteiger partial charge on any atom is -0.439 e. The number of hydrogen-bond acceptors (Lipinski definition) is 7. The molecule has 4 rings (SSSR count). The lowest BCUT2D eigenvalue weighted by molar-refractivity contribution is 0.102. The second-order valence-electron chi connectivity index (χ2n) is 7.34. The molecule has 0 atom stereocenters. The molecule has 2 aromatic carbocycles. The van der Waals surface area contributed by atoms with Gasteiger partial charge in [0.15, 0.2) is 0 Å². The van der Waals surface area contributed by atoms with Crippen molar-refractivity contribution in [3.8, 4) is 17.4 Å². The molecule has 0 unspecified atom stereocenters. The molecule has 2 heterocycles. The zero-order valence-corrected chi connectivity index (χ0v) is 19.3. The Balaban J connectivity index is 1.51. The second kappa shape index (κ2) is 9.58. The number of nitrogens with zero attached hydrogens (tertiary/aromatic N) is 4. The molecule has 0 saturated heterocycles. The Morgan fingerprint density at radius 1 is 1.06 bits per heavy atom. The van der Waals surface area contributed by atoms with Crippen molar-refractivity contribution in [2.24, 2.45) is 0 Å². The number of rotatable bonds is 7. The average Bonchev–Trinajstić information content (AvgIpc) is 3.25. The van der Waals surface area contributed by atoms with Gasteiger partial charge in [-0.15, -0.1) is 0 Å². The highest BCUT2D eigenvalue weighted by Crippen LogP contribution is 2.26. The van der Waals surface area contributed by atoms with E-state index in [1.54, 1.807) is 42.1 Å². The van der Waals surface area contributed by atoms with Crippen molar-refractivity contribution in [3.63, 3.8) is 0 Å². The van der Waals surface area contributed by atoms with E-state index in [0.717, 1.165) is 11.9 Å². The molecule has 1 N–H and O–H groups in total. The number of hydrogen-bond donors (Lipinski definition) is 1. The quantitative estimate of drug-likeness (QED) is 0.403. The second-order valence-corrected chi connectivity index (χ2v) is 9.22. The number of anilines is 1. The number of nitrogens with one attached hydrogen (secondary N) is 1. The third-order valence-electron chi connectivity index (χ3n) is 4.88. The lowest BCUT2D eigenvalue weighted by Gasteiger charge is -2.12. The third kappa shape index (κ3) is 5.17. The first-order valence-electron chi connectivity index (χ1n) is 10.2. The predicted molar refractivity (Wildman–Crippen MR) is 123 cm³/mol. The Morgan fingerprint density at radius 2 is 1.77 bits per heavy atom. The van der Waals surface area contributed by atoms with Gasteiger partial charge in [0.05, 0.1) is 10.5 Å². The van der Waals surface area contributed by atoms with E-state index in [-0.39, 0.29) is 5.56 Å². The van der Waals surface area contributed by atoms with Gasteiger partial charge in [-0.1, -0.05) is 12.1 Å². The van der Waals surface area contributed by atoms with Gasteiger partial charge in [0.25, 0.3) is 5.91 Å². The normalized spacial score (nSPS) is 11.5. The van der Waals surface area contributed by atoms with Crippen molar-refractivity contribution in [3.05, 3.63) is 84.2 Å². The lowest BCUT2D eigenvalue weighted by atomic mass is 10.2. The highest BCUT2D eigenvalue weighted by molar-refractivity contribution is 7.91. The van der Waals surface area contributed by atoms with E-state index in [0.29, 0.717) is 29.0 Å². The lowest BCUT2D eigenvalue weighted by Crippen LogP contribution is -2.19. The van der Waals surface area contributed by atoms with E-state index in [9.17, 15) is 22.0 Å². The van der Waals surface area contributed by atoms with Gasteiger partial charge in [0, 0.05) is 24.1 Å². The standard InChI is InChI=1S/C23H19F2N5O4S/c1-14-27-20(30-12-11-26-15(30)2)13-21(28-14)34-17-9-7-16(8-10-17)29-22(31)18-5-3-4-6-19(18)35(32,33)23(24)25/h3-13,23H,1-2H3,(H,29,31). The molecule has 35 heavy (non-hydrogen) atoms. The first kappa shape index (κ1) is 24.0. The Morgan fingerprint density at radius 3 is 2.43 bits per heavy atom. The maximum absolute atomic E-state index is 13.0. The summed E-state index contributed by atoms with van der Waals surface area (Å²) in [5.41, 5.74) is -0.0768. The van der Waals surface area contributed by atoms with Crippen LogP contribution in [-0.4, -0.2) is 39.6 Å². The number of aryl methyl sites for hydroxylation is 2. The van der Waals surface area contributed by atoms with Gasteiger partial charge in [-0.25, -0.2) is 18.4 Å². The molecule has 0 bridgehead atoms. The fraction of sp³-hybridized carbons (Fsp3) is 0.130. The van der Waals surface area contributed by atoms with E-state index < -0.39 is 26.4 Å². The number of halogens is 2. The molecule has 1 amide bonds. The molecule has 0 aliphatic carbocycles. The van der Waals surface area contributed by atoms with Crippen LogP contribution in [0.2, 0.25) is 0 Å². The zero-order valence-electron chi connectivity index (χ0n) is 18.5. The summed E-state index contributed by atoms with van der Waals surface area (Å²) in [4.78, 5) is 24.7. The van der Waals surface area contributed by atoms with Gasteiger partial charge in [-0.2, -0.15) is 13.8 Å². The number of imidazole rings is 1. The van der Waals surface area contributed by atoms with E-state index in [1.165, 1.54) is 30.3 Å². The van der Waals surface area contributed by atoms with Gasteiger partial charge >= 0.3 is 5.76 Å². The summed E-state index contributed by atoms with van der Waals surface area (Å²) < 4.78 is 57.4. The van der Waals surface area contributed by atoms with Crippen LogP contribution in [0, 0.1) is 13.8 Å². The Bertz CT molecular complexity index is 1490. The maximum Gasteiger partial charge on any atom is 0.341 e. The van der Waals surface area contributed by atoms with Crippen LogP contribution in [0.3, 0.4) is 0 Å². The van der Waals surface area contributed by atoms with Crippen LogP contribution in [0.1, 0.15) is 22.0 Å². The van der Waals surface area contributed by atoms with Crippen LogP contribution in [0.25, 0.3) is 5.82 Å². The number of amides is 1. The fourth-order valence-corrected chi connectivity index (χ4v) is 4.17. The van der Waals surface area contributed by atoms with Crippen LogP contribution in [-0.2, 0) is 9.84 Å². The van der Waals surface area contributed by atoms with E-state index >= 15 is 0 Å². The summed E-state index contributed by atoms with van der Waals surface area (Å²) in [5, 5.41) is 2.50. The first-order valence-corrected chi connectivity index (χ1v) is 11.8. The van der Waals surface area contributed by atoms with Crippen LogP contribution in [0.4, 0.5) is 14.5 Å².